The second-order valence-corrected chi connectivity index (χ2v) is 6.49. The number of hydroxylamine groups is 2. The first-order chi connectivity index (χ1) is 10.3. The second kappa shape index (κ2) is 11.4. The average molecular weight is 316 g/mol. The third kappa shape index (κ3) is 12.6. The van der Waals surface area contributed by atoms with Crippen molar-refractivity contribution < 1.29 is 19.5 Å². The lowest BCUT2D eigenvalue weighted by Gasteiger charge is -2.26. The lowest BCUT2D eigenvalue weighted by Crippen LogP contribution is -2.31. The van der Waals surface area contributed by atoms with E-state index in [-0.39, 0.29) is 17.7 Å². The van der Waals surface area contributed by atoms with Crippen LogP contribution in [0, 0.1) is 5.41 Å². The molecule has 0 heterocycles. The molecule has 1 amide bonds. The normalized spacial score (nSPS) is 11.7. The molecule has 0 aliphatic heterocycles. The molecule has 0 aliphatic carbocycles. The van der Waals surface area contributed by atoms with Crippen molar-refractivity contribution in [3.05, 3.63) is 0 Å². The summed E-state index contributed by atoms with van der Waals surface area (Å²) in [5.41, 5.74) is -0.166. The van der Waals surface area contributed by atoms with Gasteiger partial charge in [0.15, 0.2) is 0 Å². The van der Waals surface area contributed by atoms with Gasteiger partial charge in [0.25, 0.3) is 0 Å². The highest BCUT2D eigenvalue weighted by Crippen LogP contribution is 2.22. The van der Waals surface area contributed by atoms with Gasteiger partial charge in [-0.25, -0.2) is 0 Å². The highest BCUT2D eigenvalue weighted by atomic mass is 16.7. The van der Waals surface area contributed by atoms with E-state index in [1.807, 2.05) is 20.9 Å². The van der Waals surface area contributed by atoms with E-state index in [1.165, 1.54) is 0 Å². The van der Waals surface area contributed by atoms with Crippen LogP contribution in [0.2, 0.25) is 0 Å². The molecule has 6 nitrogen and oxygen atoms in total. The van der Waals surface area contributed by atoms with Crippen LogP contribution in [0.15, 0.2) is 0 Å². The van der Waals surface area contributed by atoms with Crippen LogP contribution in [0.4, 0.5) is 0 Å². The van der Waals surface area contributed by atoms with Crippen LogP contribution in [0.5, 0.6) is 0 Å². The monoisotopic (exact) mass is 316 g/mol. The quantitative estimate of drug-likeness (QED) is 0.403. The maximum atomic E-state index is 11.4. The van der Waals surface area contributed by atoms with Crippen molar-refractivity contribution in [3.63, 3.8) is 0 Å². The zero-order chi connectivity index (χ0) is 17.0. The SMILES string of the molecule is CCCCC(=O)NCCCN(C)OCC(C)(C)CCC(=O)O. The number of unbranched alkanes of at least 4 members (excludes halogenated alkanes) is 1. The zero-order valence-corrected chi connectivity index (χ0v) is 14.5. The van der Waals surface area contributed by atoms with Gasteiger partial charge in [0.05, 0.1) is 6.61 Å². The fraction of sp³-hybridized carbons (Fsp3) is 0.875. The molecule has 0 rings (SSSR count). The van der Waals surface area contributed by atoms with Crippen LogP contribution in [-0.4, -0.2) is 48.8 Å². The van der Waals surface area contributed by atoms with Gasteiger partial charge in [-0.05, 0) is 24.7 Å². The number of hydrogen-bond donors (Lipinski definition) is 2. The fourth-order valence-electron chi connectivity index (χ4n) is 1.82. The molecule has 0 saturated heterocycles. The summed E-state index contributed by atoms with van der Waals surface area (Å²) < 4.78 is 0. The summed E-state index contributed by atoms with van der Waals surface area (Å²) in [4.78, 5) is 27.7. The predicted molar refractivity (Wildman–Crippen MR) is 86.4 cm³/mol. The first-order valence-electron chi connectivity index (χ1n) is 8.09. The Bertz CT molecular complexity index is 332. The van der Waals surface area contributed by atoms with E-state index in [9.17, 15) is 9.59 Å². The molecule has 130 valence electrons. The van der Waals surface area contributed by atoms with Crippen molar-refractivity contribution in [1.82, 2.24) is 10.4 Å². The van der Waals surface area contributed by atoms with Crippen LogP contribution in [0.1, 0.15) is 59.3 Å². The minimum atomic E-state index is -0.778. The molecule has 6 heteroatoms. The van der Waals surface area contributed by atoms with E-state index >= 15 is 0 Å². The molecule has 0 aromatic heterocycles. The summed E-state index contributed by atoms with van der Waals surface area (Å²) in [7, 11) is 1.85. The van der Waals surface area contributed by atoms with E-state index in [0.717, 1.165) is 25.8 Å². The summed E-state index contributed by atoms with van der Waals surface area (Å²) in [6.07, 6.45) is 4.12. The third-order valence-electron chi connectivity index (χ3n) is 3.42. The van der Waals surface area contributed by atoms with Gasteiger partial charge in [-0.2, -0.15) is 5.06 Å². The van der Waals surface area contributed by atoms with Crippen molar-refractivity contribution in [1.29, 1.82) is 0 Å². The number of hydrogen-bond acceptors (Lipinski definition) is 4. The number of rotatable bonds is 13. The Hall–Kier alpha value is -1.14. The fourth-order valence-corrected chi connectivity index (χ4v) is 1.82. The molecule has 0 aromatic carbocycles. The molecule has 0 unspecified atom stereocenters. The van der Waals surface area contributed by atoms with Crippen molar-refractivity contribution in [2.24, 2.45) is 5.41 Å². The Morgan fingerprint density at radius 3 is 2.50 bits per heavy atom. The van der Waals surface area contributed by atoms with Gasteiger partial charge in [0.1, 0.15) is 0 Å². The molecule has 0 radical (unpaired) electrons. The number of aliphatic carboxylic acids is 1. The maximum absolute atomic E-state index is 11.4. The van der Waals surface area contributed by atoms with Crippen LogP contribution < -0.4 is 5.32 Å². The summed E-state index contributed by atoms with van der Waals surface area (Å²) in [5.74, 6) is -0.666. The number of carboxylic acids is 1. The van der Waals surface area contributed by atoms with Gasteiger partial charge in [0.2, 0.25) is 5.91 Å². The zero-order valence-electron chi connectivity index (χ0n) is 14.5. The Morgan fingerprint density at radius 2 is 1.91 bits per heavy atom. The van der Waals surface area contributed by atoms with Crippen molar-refractivity contribution in [2.75, 3.05) is 26.7 Å². The van der Waals surface area contributed by atoms with Crippen LogP contribution in [0.25, 0.3) is 0 Å². The number of carbonyl (C=O) groups is 2. The summed E-state index contributed by atoms with van der Waals surface area (Å²) in [6, 6.07) is 0. The Labute approximate surface area is 134 Å². The summed E-state index contributed by atoms with van der Waals surface area (Å²) in [5, 5.41) is 13.4. The smallest absolute Gasteiger partial charge is 0.303 e. The Balaban J connectivity index is 3.70. The minimum Gasteiger partial charge on any atom is -0.481 e. The Kier molecular flexibility index (Phi) is 10.8. The number of carbonyl (C=O) groups excluding carboxylic acids is 1. The van der Waals surface area contributed by atoms with Crippen molar-refractivity contribution >= 4 is 11.9 Å². The molecule has 0 atom stereocenters. The van der Waals surface area contributed by atoms with E-state index < -0.39 is 5.97 Å². The molecular weight excluding hydrogens is 284 g/mol. The molecule has 0 saturated carbocycles. The average Bonchev–Trinajstić information content (AvgIpc) is 2.45. The molecule has 2 N–H and O–H groups in total. The van der Waals surface area contributed by atoms with E-state index in [1.54, 1.807) is 5.06 Å². The molecule has 0 bridgehead atoms. The highest BCUT2D eigenvalue weighted by molar-refractivity contribution is 5.75. The van der Waals surface area contributed by atoms with E-state index in [2.05, 4.69) is 12.2 Å². The van der Waals surface area contributed by atoms with Crippen LogP contribution in [0.3, 0.4) is 0 Å². The van der Waals surface area contributed by atoms with Gasteiger partial charge >= 0.3 is 5.97 Å². The van der Waals surface area contributed by atoms with E-state index in [4.69, 9.17) is 9.94 Å². The molecule has 22 heavy (non-hydrogen) atoms. The maximum Gasteiger partial charge on any atom is 0.303 e. The van der Waals surface area contributed by atoms with E-state index in [0.29, 0.717) is 26.0 Å². The number of nitrogens with zero attached hydrogens (tertiary/aromatic N) is 1. The molecule has 0 spiro atoms. The predicted octanol–water partition coefficient (Wildman–Crippen LogP) is 2.44. The van der Waals surface area contributed by atoms with Crippen molar-refractivity contribution in [3.8, 4) is 0 Å². The van der Waals surface area contributed by atoms with Crippen LogP contribution in [-0.2, 0) is 14.4 Å². The van der Waals surface area contributed by atoms with Gasteiger partial charge in [-0.3, -0.25) is 14.4 Å². The highest BCUT2D eigenvalue weighted by Gasteiger charge is 2.20. The lowest BCUT2D eigenvalue weighted by molar-refractivity contribution is -0.165. The first kappa shape index (κ1) is 20.9. The third-order valence-corrected chi connectivity index (χ3v) is 3.42. The molecule has 0 aliphatic rings. The number of amides is 1. The number of nitrogens with one attached hydrogen (secondary N) is 1. The van der Waals surface area contributed by atoms with Gasteiger partial charge in [0, 0.05) is 33.0 Å². The largest absolute Gasteiger partial charge is 0.481 e. The van der Waals surface area contributed by atoms with Crippen LogP contribution >= 0.6 is 0 Å². The van der Waals surface area contributed by atoms with Gasteiger partial charge in [-0.15, -0.1) is 0 Å². The standard InChI is InChI=1S/C16H32N2O4/c1-5-6-8-14(19)17-11-7-12-18(4)22-13-16(2,3)10-9-15(20)21/h5-13H2,1-4H3,(H,17,19)(H,20,21). The molecule has 0 aromatic rings. The minimum absolute atomic E-state index is 0.111. The number of carboxylic acid groups (broad SMARTS) is 1. The van der Waals surface area contributed by atoms with Gasteiger partial charge in [-0.1, -0.05) is 27.2 Å². The second-order valence-electron chi connectivity index (χ2n) is 6.49. The topological polar surface area (TPSA) is 78.9 Å². The van der Waals surface area contributed by atoms with Crippen molar-refractivity contribution in [2.45, 2.75) is 59.3 Å². The molecular formula is C16H32N2O4. The molecule has 0 fully saturated rings. The summed E-state index contributed by atoms with van der Waals surface area (Å²) >= 11 is 0. The Morgan fingerprint density at radius 1 is 1.23 bits per heavy atom. The lowest BCUT2D eigenvalue weighted by atomic mass is 9.89. The summed E-state index contributed by atoms with van der Waals surface area (Å²) in [6.45, 7) is 7.92. The van der Waals surface area contributed by atoms with Gasteiger partial charge < -0.3 is 10.4 Å². The first-order valence-corrected chi connectivity index (χ1v) is 8.09.